The van der Waals surface area contributed by atoms with Crippen LogP contribution < -0.4 is 5.32 Å². The van der Waals surface area contributed by atoms with Crippen molar-refractivity contribution in [3.8, 4) is 0 Å². The van der Waals surface area contributed by atoms with Crippen LogP contribution in [0.2, 0.25) is 0 Å². The van der Waals surface area contributed by atoms with Gasteiger partial charge in [0.1, 0.15) is 0 Å². The van der Waals surface area contributed by atoms with E-state index in [-0.39, 0.29) is 0 Å². The van der Waals surface area contributed by atoms with Crippen LogP contribution >= 0.6 is 0 Å². The Morgan fingerprint density at radius 1 is 1.20 bits per heavy atom. The zero-order valence-corrected chi connectivity index (χ0v) is 12.9. The number of rotatable bonds is 5. The van der Waals surface area contributed by atoms with Gasteiger partial charge in [-0.1, -0.05) is 39.0 Å². The first kappa shape index (κ1) is 14.1. The highest BCUT2D eigenvalue weighted by atomic mass is 15.3. The molecule has 0 spiro atoms. The van der Waals surface area contributed by atoms with Crippen molar-refractivity contribution in [2.24, 2.45) is 5.41 Å². The number of nitrogens with one attached hydrogen (secondary N) is 1. The Hall–Kier alpha value is -0.830. The summed E-state index contributed by atoms with van der Waals surface area (Å²) in [4.78, 5) is 0. The van der Waals surface area contributed by atoms with Crippen LogP contribution in [-0.4, -0.2) is 16.3 Å². The monoisotopic (exact) mass is 275 g/mol. The number of hydrogen-bond acceptors (Lipinski definition) is 2. The third kappa shape index (κ3) is 3.43. The Balaban J connectivity index is 1.46. The van der Waals surface area contributed by atoms with Gasteiger partial charge in [-0.25, -0.2) is 0 Å². The van der Waals surface area contributed by atoms with Gasteiger partial charge in [0.15, 0.2) is 0 Å². The van der Waals surface area contributed by atoms with Gasteiger partial charge in [0.25, 0.3) is 0 Å². The maximum absolute atomic E-state index is 4.75. The van der Waals surface area contributed by atoms with Crippen molar-refractivity contribution in [3.63, 3.8) is 0 Å². The quantitative estimate of drug-likeness (QED) is 0.878. The molecule has 0 atom stereocenters. The van der Waals surface area contributed by atoms with Crippen LogP contribution in [0.4, 0.5) is 0 Å². The Bertz CT molecular complexity index is 412. The van der Waals surface area contributed by atoms with Crippen LogP contribution in [0.5, 0.6) is 0 Å². The normalized spacial score (nSPS) is 23.2. The second-order valence-corrected chi connectivity index (χ2v) is 7.20. The van der Waals surface area contributed by atoms with E-state index in [9.17, 15) is 0 Å². The first-order chi connectivity index (χ1) is 9.75. The molecule has 1 heterocycles. The van der Waals surface area contributed by atoms with E-state index in [0.717, 1.165) is 13.1 Å². The molecule has 0 bridgehead atoms. The van der Waals surface area contributed by atoms with Crippen LogP contribution in [0.25, 0.3) is 0 Å². The minimum atomic E-state index is 0.520. The molecule has 2 aliphatic carbocycles. The highest BCUT2D eigenvalue weighted by Gasteiger charge is 2.26. The van der Waals surface area contributed by atoms with Crippen LogP contribution in [0.15, 0.2) is 12.3 Å². The Kier molecular flexibility index (Phi) is 4.45. The molecule has 3 heteroatoms. The zero-order chi connectivity index (χ0) is 13.8. The van der Waals surface area contributed by atoms with E-state index in [4.69, 9.17) is 5.10 Å². The zero-order valence-electron chi connectivity index (χ0n) is 12.9. The van der Waals surface area contributed by atoms with Gasteiger partial charge in [0.2, 0.25) is 0 Å². The highest BCUT2D eigenvalue weighted by Crippen LogP contribution is 2.35. The van der Waals surface area contributed by atoms with Crippen LogP contribution in [0.1, 0.15) is 76.4 Å². The second kappa shape index (κ2) is 6.30. The molecular weight excluding hydrogens is 246 g/mol. The summed E-state index contributed by atoms with van der Waals surface area (Å²) in [6.45, 7) is 4.51. The molecule has 3 nitrogen and oxygen atoms in total. The van der Waals surface area contributed by atoms with E-state index in [1.165, 1.54) is 63.5 Å². The van der Waals surface area contributed by atoms with E-state index in [2.05, 4.69) is 29.2 Å². The lowest BCUT2D eigenvalue weighted by atomic mass is 9.76. The number of aromatic nitrogens is 2. The van der Waals surface area contributed by atoms with Crippen LogP contribution in [0.3, 0.4) is 0 Å². The number of hydrogen-bond donors (Lipinski definition) is 1. The molecule has 1 N–H and O–H groups in total. The summed E-state index contributed by atoms with van der Waals surface area (Å²) < 4.78 is 2.20. The summed E-state index contributed by atoms with van der Waals surface area (Å²) in [5, 5.41) is 8.39. The smallest absolute Gasteiger partial charge is 0.0762 e. The van der Waals surface area contributed by atoms with Gasteiger partial charge >= 0.3 is 0 Å². The van der Waals surface area contributed by atoms with Crippen molar-refractivity contribution in [1.82, 2.24) is 15.1 Å². The van der Waals surface area contributed by atoms with E-state index >= 15 is 0 Å². The molecule has 0 radical (unpaired) electrons. The van der Waals surface area contributed by atoms with E-state index in [1.807, 2.05) is 0 Å². The molecule has 0 aromatic carbocycles. The van der Waals surface area contributed by atoms with Gasteiger partial charge in [-0.05, 0) is 37.2 Å². The summed E-state index contributed by atoms with van der Waals surface area (Å²) in [7, 11) is 0. The van der Waals surface area contributed by atoms with Crippen molar-refractivity contribution < 1.29 is 0 Å². The summed E-state index contributed by atoms with van der Waals surface area (Å²) in [6.07, 6.45) is 14.6. The van der Waals surface area contributed by atoms with Crippen molar-refractivity contribution >= 4 is 0 Å². The third-order valence-corrected chi connectivity index (χ3v) is 5.28. The maximum Gasteiger partial charge on any atom is 0.0762 e. The van der Waals surface area contributed by atoms with Crippen LogP contribution in [0, 0.1) is 5.41 Å². The number of nitrogens with zero attached hydrogens (tertiary/aromatic N) is 2. The van der Waals surface area contributed by atoms with Gasteiger partial charge in [-0.2, -0.15) is 5.10 Å². The lowest BCUT2D eigenvalue weighted by molar-refractivity contribution is 0.207. The Morgan fingerprint density at radius 3 is 2.70 bits per heavy atom. The van der Waals surface area contributed by atoms with Gasteiger partial charge in [-0.15, -0.1) is 0 Å². The lowest BCUT2D eigenvalue weighted by Gasteiger charge is -2.33. The summed E-state index contributed by atoms with van der Waals surface area (Å²) in [5.74, 6) is 0. The molecule has 0 saturated heterocycles. The maximum atomic E-state index is 4.75. The molecule has 0 amide bonds. The molecule has 1 aromatic heterocycles. The SMILES string of the molecule is CC1(CNCc2ccn(C3CCCC3)n2)CCCCC1. The second-order valence-electron chi connectivity index (χ2n) is 7.20. The third-order valence-electron chi connectivity index (χ3n) is 5.28. The standard InChI is InChI=1S/C17H29N3/c1-17(10-5-2-6-11-17)14-18-13-15-9-12-20(19-15)16-7-3-4-8-16/h9,12,16,18H,2-8,10-11,13-14H2,1H3. The lowest BCUT2D eigenvalue weighted by Crippen LogP contribution is -2.33. The Labute approximate surface area is 123 Å². The molecule has 1 aromatic rings. The average Bonchev–Trinajstić information content (AvgIpc) is 3.09. The van der Waals surface area contributed by atoms with Crippen molar-refractivity contribution in [3.05, 3.63) is 18.0 Å². The topological polar surface area (TPSA) is 29.9 Å². The molecule has 112 valence electrons. The summed E-state index contributed by atoms with van der Waals surface area (Å²) in [6, 6.07) is 2.86. The summed E-state index contributed by atoms with van der Waals surface area (Å²) in [5.41, 5.74) is 1.73. The highest BCUT2D eigenvalue weighted by molar-refractivity contribution is 5.00. The van der Waals surface area contributed by atoms with Gasteiger partial charge in [-0.3, -0.25) is 4.68 Å². The molecule has 2 fully saturated rings. The largest absolute Gasteiger partial charge is 0.311 e. The van der Waals surface area contributed by atoms with E-state index in [0.29, 0.717) is 11.5 Å². The first-order valence-electron chi connectivity index (χ1n) is 8.50. The summed E-state index contributed by atoms with van der Waals surface area (Å²) >= 11 is 0. The van der Waals surface area contributed by atoms with Crippen molar-refractivity contribution in [1.29, 1.82) is 0 Å². The fraction of sp³-hybridized carbons (Fsp3) is 0.824. The van der Waals surface area contributed by atoms with Gasteiger partial charge < -0.3 is 5.32 Å². The van der Waals surface area contributed by atoms with Crippen molar-refractivity contribution in [2.45, 2.75) is 77.3 Å². The predicted molar refractivity (Wildman–Crippen MR) is 82.6 cm³/mol. The average molecular weight is 275 g/mol. The molecular formula is C17H29N3. The van der Waals surface area contributed by atoms with Crippen LogP contribution in [-0.2, 0) is 6.54 Å². The fourth-order valence-electron chi connectivity index (χ4n) is 3.92. The van der Waals surface area contributed by atoms with E-state index < -0.39 is 0 Å². The van der Waals surface area contributed by atoms with Gasteiger partial charge in [0, 0.05) is 19.3 Å². The minimum absolute atomic E-state index is 0.520. The molecule has 2 saturated carbocycles. The van der Waals surface area contributed by atoms with E-state index in [1.54, 1.807) is 0 Å². The minimum Gasteiger partial charge on any atom is -0.311 e. The van der Waals surface area contributed by atoms with Gasteiger partial charge in [0.05, 0.1) is 11.7 Å². The predicted octanol–water partition coefficient (Wildman–Crippen LogP) is 4.06. The molecule has 0 unspecified atom stereocenters. The molecule has 0 aliphatic heterocycles. The van der Waals surface area contributed by atoms with Crippen molar-refractivity contribution in [2.75, 3.05) is 6.54 Å². The molecule has 2 aliphatic rings. The Morgan fingerprint density at radius 2 is 1.95 bits per heavy atom. The first-order valence-corrected chi connectivity index (χ1v) is 8.50. The molecule has 20 heavy (non-hydrogen) atoms. The molecule has 3 rings (SSSR count). The fourth-order valence-corrected chi connectivity index (χ4v) is 3.92.